The van der Waals surface area contributed by atoms with E-state index in [0.29, 0.717) is 12.6 Å². The Labute approximate surface area is 116 Å². The zero-order valence-electron chi connectivity index (χ0n) is 12.2. The van der Waals surface area contributed by atoms with Crippen molar-refractivity contribution in [1.82, 2.24) is 10.2 Å². The van der Waals surface area contributed by atoms with Crippen molar-refractivity contribution in [3.05, 3.63) is 23.7 Å². The van der Waals surface area contributed by atoms with Crippen LogP contribution in [0.15, 0.2) is 16.7 Å². The highest BCUT2D eigenvalue weighted by atomic mass is 16.5. The van der Waals surface area contributed by atoms with Crippen molar-refractivity contribution < 1.29 is 9.15 Å². The van der Waals surface area contributed by atoms with E-state index in [1.54, 1.807) is 0 Å². The van der Waals surface area contributed by atoms with E-state index >= 15 is 0 Å². The average molecular weight is 266 g/mol. The van der Waals surface area contributed by atoms with Gasteiger partial charge < -0.3 is 19.4 Å². The molecule has 1 fully saturated rings. The number of piperidine rings is 1. The standard InChI is InChI=1S/C15H26N2O2/c1-3-16-9-13-8-15(19-10-13)12-18-11-14-6-4-5-7-17(14)2/h8,10,14,16H,3-7,9,11-12H2,1-2H3. The summed E-state index contributed by atoms with van der Waals surface area (Å²) >= 11 is 0. The zero-order chi connectivity index (χ0) is 13.5. The SMILES string of the molecule is CCNCc1coc(COCC2CCCCN2C)c1. The van der Waals surface area contributed by atoms with Crippen molar-refractivity contribution in [3.8, 4) is 0 Å². The lowest BCUT2D eigenvalue weighted by molar-refractivity contribution is 0.0374. The topological polar surface area (TPSA) is 37.6 Å². The Kier molecular flexibility index (Phi) is 5.89. The van der Waals surface area contributed by atoms with E-state index in [9.17, 15) is 0 Å². The smallest absolute Gasteiger partial charge is 0.129 e. The van der Waals surface area contributed by atoms with E-state index in [1.165, 1.54) is 31.4 Å². The molecule has 0 bridgehead atoms. The van der Waals surface area contributed by atoms with Gasteiger partial charge in [-0.2, -0.15) is 0 Å². The molecule has 19 heavy (non-hydrogen) atoms. The molecule has 1 atom stereocenters. The van der Waals surface area contributed by atoms with Crippen LogP contribution in [0.5, 0.6) is 0 Å². The molecular weight excluding hydrogens is 240 g/mol. The Morgan fingerprint density at radius 3 is 3.16 bits per heavy atom. The lowest BCUT2D eigenvalue weighted by atomic mass is 10.0. The molecule has 0 amide bonds. The molecule has 1 aromatic rings. The Morgan fingerprint density at radius 2 is 2.37 bits per heavy atom. The molecule has 1 aliphatic rings. The fourth-order valence-electron chi connectivity index (χ4n) is 2.51. The minimum Gasteiger partial charge on any atom is -0.467 e. The first-order valence-corrected chi connectivity index (χ1v) is 7.34. The maximum absolute atomic E-state index is 5.79. The molecule has 4 nitrogen and oxygen atoms in total. The fraction of sp³-hybridized carbons (Fsp3) is 0.733. The molecule has 4 heteroatoms. The molecule has 1 unspecified atom stereocenters. The van der Waals surface area contributed by atoms with Gasteiger partial charge in [0.05, 0.1) is 12.9 Å². The van der Waals surface area contributed by atoms with Crippen LogP contribution in [0.25, 0.3) is 0 Å². The summed E-state index contributed by atoms with van der Waals surface area (Å²) in [5.41, 5.74) is 1.19. The number of likely N-dealkylation sites (N-methyl/N-ethyl adjacent to an activating group) is 1. The molecule has 0 saturated carbocycles. The van der Waals surface area contributed by atoms with Gasteiger partial charge in [0, 0.05) is 18.2 Å². The van der Waals surface area contributed by atoms with Crippen LogP contribution < -0.4 is 5.32 Å². The molecule has 1 N–H and O–H groups in total. The van der Waals surface area contributed by atoms with Gasteiger partial charge in [-0.1, -0.05) is 13.3 Å². The summed E-state index contributed by atoms with van der Waals surface area (Å²) in [6.07, 6.45) is 5.71. The molecule has 0 aliphatic carbocycles. The van der Waals surface area contributed by atoms with Crippen molar-refractivity contribution in [2.75, 3.05) is 26.7 Å². The molecule has 1 aromatic heterocycles. The van der Waals surface area contributed by atoms with E-state index in [4.69, 9.17) is 9.15 Å². The second kappa shape index (κ2) is 7.68. The van der Waals surface area contributed by atoms with Crippen LogP contribution in [0.4, 0.5) is 0 Å². The molecule has 108 valence electrons. The maximum atomic E-state index is 5.79. The summed E-state index contributed by atoms with van der Waals surface area (Å²) < 4.78 is 11.3. The Balaban J connectivity index is 1.68. The highest BCUT2D eigenvalue weighted by Crippen LogP contribution is 2.16. The van der Waals surface area contributed by atoms with Crippen molar-refractivity contribution in [2.45, 2.75) is 45.4 Å². The van der Waals surface area contributed by atoms with Crippen LogP contribution in [0, 0.1) is 0 Å². The molecule has 0 radical (unpaired) electrons. The number of furan rings is 1. The zero-order valence-corrected chi connectivity index (χ0v) is 12.2. The summed E-state index contributed by atoms with van der Waals surface area (Å²) in [4.78, 5) is 2.40. The molecule has 0 aromatic carbocycles. The third-order valence-electron chi connectivity index (χ3n) is 3.76. The normalized spacial score (nSPS) is 20.8. The summed E-state index contributed by atoms with van der Waals surface area (Å²) in [6, 6.07) is 2.65. The van der Waals surface area contributed by atoms with E-state index < -0.39 is 0 Å². The predicted octanol–water partition coefficient (Wildman–Crippen LogP) is 2.39. The second-order valence-electron chi connectivity index (χ2n) is 5.35. The predicted molar refractivity (Wildman–Crippen MR) is 76.0 cm³/mol. The van der Waals surface area contributed by atoms with Crippen molar-refractivity contribution in [3.63, 3.8) is 0 Å². The monoisotopic (exact) mass is 266 g/mol. The fourth-order valence-corrected chi connectivity index (χ4v) is 2.51. The van der Waals surface area contributed by atoms with Gasteiger partial charge in [0.1, 0.15) is 12.4 Å². The lowest BCUT2D eigenvalue weighted by Crippen LogP contribution is -2.39. The van der Waals surface area contributed by atoms with Gasteiger partial charge >= 0.3 is 0 Å². The highest BCUT2D eigenvalue weighted by molar-refractivity contribution is 5.11. The van der Waals surface area contributed by atoms with Crippen LogP contribution in [0.3, 0.4) is 0 Å². The molecule has 0 spiro atoms. The van der Waals surface area contributed by atoms with Gasteiger partial charge in [0.25, 0.3) is 0 Å². The maximum Gasteiger partial charge on any atom is 0.129 e. The minimum absolute atomic E-state index is 0.574. The highest BCUT2D eigenvalue weighted by Gasteiger charge is 2.18. The van der Waals surface area contributed by atoms with Crippen LogP contribution in [0.1, 0.15) is 37.5 Å². The van der Waals surface area contributed by atoms with Crippen LogP contribution in [-0.4, -0.2) is 37.7 Å². The number of hydrogen-bond donors (Lipinski definition) is 1. The first-order chi connectivity index (χ1) is 9.29. The average Bonchev–Trinajstić information content (AvgIpc) is 2.86. The number of nitrogens with zero attached hydrogens (tertiary/aromatic N) is 1. The third-order valence-corrected chi connectivity index (χ3v) is 3.76. The number of likely N-dealkylation sites (tertiary alicyclic amines) is 1. The van der Waals surface area contributed by atoms with Crippen molar-refractivity contribution in [1.29, 1.82) is 0 Å². The Morgan fingerprint density at radius 1 is 1.47 bits per heavy atom. The third kappa shape index (κ3) is 4.64. The van der Waals surface area contributed by atoms with Crippen LogP contribution >= 0.6 is 0 Å². The van der Waals surface area contributed by atoms with E-state index in [1.807, 2.05) is 6.26 Å². The summed E-state index contributed by atoms with van der Waals surface area (Å²) in [5.74, 6) is 0.923. The first kappa shape index (κ1) is 14.6. The molecule has 1 aliphatic heterocycles. The largest absolute Gasteiger partial charge is 0.467 e. The minimum atomic E-state index is 0.574. The number of rotatable bonds is 7. The summed E-state index contributed by atoms with van der Waals surface area (Å²) in [7, 11) is 2.19. The summed E-state index contributed by atoms with van der Waals surface area (Å²) in [6.45, 7) is 6.53. The number of ether oxygens (including phenoxy) is 1. The van der Waals surface area contributed by atoms with E-state index in [2.05, 4.69) is 30.3 Å². The Bertz CT molecular complexity index is 365. The molecule has 1 saturated heterocycles. The van der Waals surface area contributed by atoms with Gasteiger partial charge in [-0.3, -0.25) is 0 Å². The second-order valence-corrected chi connectivity index (χ2v) is 5.35. The van der Waals surface area contributed by atoms with Crippen LogP contribution in [-0.2, 0) is 17.9 Å². The molecular formula is C15H26N2O2. The van der Waals surface area contributed by atoms with E-state index in [-0.39, 0.29) is 0 Å². The number of hydrogen-bond acceptors (Lipinski definition) is 4. The van der Waals surface area contributed by atoms with Gasteiger partial charge in [-0.15, -0.1) is 0 Å². The lowest BCUT2D eigenvalue weighted by Gasteiger charge is -2.32. The van der Waals surface area contributed by atoms with E-state index in [0.717, 1.165) is 25.5 Å². The first-order valence-electron chi connectivity index (χ1n) is 7.34. The quantitative estimate of drug-likeness (QED) is 0.822. The van der Waals surface area contributed by atoms with Gasteiger partial charge in [0.2, 0.25) is 0 Å². The summed E-state index contributed by atoms with van der Waals surface area (Å²) in [5, 5.41) is 3.28. The van der Waals surface area contributed by atoms with Gasteiger partial charge in [0.15, 0.2) is 0 Å². The molecule has 2 rings (SSSR count). The number of nitrogens with one attached hydrogen (secondary N) is 1. The van der Waals surface area contributed by atoms with Crippen molar-refractivity contribution >= 4 is 0 Å². The van der Waals surface area contributed by atoms with Gasteiger partial charge in [-0.05, 0) is 39.0 Å². The molecule has 2 heterocycles. The van der Waals surface area contributed by atoms with Crippen LogP contribution in [0.2, 0.25) is 0 Å². The van der Waals surface area contributed by atoms with Gasteiger partial charge in [-0.25, -0.2) is 0 Å². The van der Waals surface area contributed by atoms with Crippen molar-refractivity contribution in [2.24, 2.45) is 0 Å². The Hall–Kier alpha value is -0.840.